The van der Waals surface area contributed by atoms with E-state index >= 15 is 0 Å². The van der Waals surface area contributed by atoms with Crippen LogP contribution in [0.15, 0.2) is 28.7 Å². The van der Waals surface area contributed by atoms with Crippen LogP contribution in [0.1, 0.15) is 37.2 Å². The number of carbonyl (C=O) groups is 1. The highest BCUT2D eigenvalue weighted by Gasteiger charge is 2.39. The second kappa shape index (κ2) is 5.47. The van der Waals surface area contributed by atoms with Crippen LogP contribution in [-0.2, 0) is 0 Å². The van der Waals surface area contributed by atoms with Gasteiger partial charge in [-0.25, -0.2) is 0 Å². The Morgan fingerprint density at radius 1 is 1.38 bits per heavy atom. The largest absolute Gasteiger partial charge is 0.453 e. The van der Waals surface area contributed by atoms with Crippen LogP contribution >= 0.6 is 11.6 Å². The molecule has 2 heterocycles. The summed E-state index contributed by atoms with van der Waals surface area (Å²) in [7, 11) is 0. The minimum absolute atomic E-state index is 0.0727. The summed E-state index contributed by atoms with van der Waals surface area (Å²) in [5.41, 5.74) is 0.283. The van der Waals surface area contributed by atoms with Crippen LogP contribution in [0, 0.1) is 11.3 Å². The molecule has 1 aliphatic heterocycles. The Labute approximate surface area is 129 Å². The van der Waals surface area contributed by atoms with E-state index < -0.39 is 5.41 Å². The molecule has 0 spiro atoms. The van der Waals surface area contributed by atoms with Crippen molar-refractivity contribution in [1.29, 1.82) is 0 Å². The van der Waals surface area contributed by atoms with Gasteiger partial charge in [-0.2, -0.15) is 0 Å². The van der Waals surface area contributed by atoms with Crippen molar-refractivity contribution in [2.45, 2.75) is 26.7 Å². The van der Waals surface area contributed by atoms with E-state index in [1.807, 2.05) is 32.0 Å². The third kappa shape index (κ3) is 2.72. The van der Waals surface area contributed by atoms with Crippen molar-refractivity contribution >= 4 is 28.4 Å². The Morgan fingerprint density at radius 3 is 2.90 bits per heavy atom. The number of Topliss-reactive ketones (excluding diaryl/α,β-unsaturated/α-hetero) is 1. The molecule has 0 amide bonds. The number of benzene rings is 1. The first-order valence-corrected chi connectivity index (χ1v) is 7.81. The molecule has 3 nitrogen and oxygen atoms in total. The van der Waals surface area contributed by atoms with Crippen molar-refractivity contribution in [2.75, 3.05) is 13.1 Å². The lowest BCUT2D eigenvalue weighted by Gasteiger charge is -2.35. The maximum Gasteiger partial charge on any atom is 0.203 e. The van der Waals surface area contributed by atoms with Gasteiger partial charge in [-0.1, -0.05) is 25.4 Å². The van der Waals surface area contributed by atoms with Crippen molar-refractivity contribution in [3.05, 3.63) is 35.0 Å². The van der Waals surface area contributed by atoms with E-state index in [1.165, 1.54) is 0 Å². The monoisotopic (exact) mass is 305 g/mol. The van der Waals surface area contributed by atoms with E-state index in [0.29, 0.717) is 22.3 Å². The highest BCUT2D eigenvalue weighted by Crippen LogP contribution is 2.36. The zero-order chi connectivity index (χ0) is 15.0. The fraction of sp³-hybridized carbons (Fsp3) is 0.471. The van der Waals surface area contributed by atoms with E-state index in [-0.39, 0.29) is 5.78 Å². The molecule has 3 rings (SSSR count). The Bertz CT molecular complexity index is 668. The quantitative estimate of drug-likeness (QED) is 0.860. The number of hydrogen-bond acceptors (Lipinski definition) is 3. The number of piperidine rings is 1. The zero-order valence-corrected chi connectivity index (χ0v) is 13.2. The Hall–Kier alpha value is -1.32. The summed E-state index contributed by atoms with van der Waals surface area (Å²) in [4.78, 5) is 12.9. The van der Waals surface area contributed by atoms with E-state index in [1.54, 1.807) is 6.07 Å². The zero-order valence-electron chi connectivity index (χ0n) is 12.4. The lowest BCUT2D eigenvalue weighted by molar-refractivity contribution is 0.0680. The molecule has 21 heavy (non-hydrogen) atoms. The highest BCUT2D eigenvalue weighted by atomic mass is 35.5. The molecule has 0 aliphatic carbocycles. The van der Waals surface area contributed by atoms with Crippen LogP contribution in [0.5, 0.6) is 0 Å². The SMILES string of the molecule is CC(C)(C(=O)c1cc2cc(Cl)ccc2o1)C1CCCNC1. The molecule has 1 unspecified atom stereocenters. The predicted octanol–water partition coefficient (Wildman–Crippen LogP) is 4.29. The standard InChI is InChI=1S/C17H20ClNO2/c1-17(2,12-4-3-7-19-10-12)16(20)15-9-11-8-13(18)5-6-14(11)21-15/h5-6,8-9,12,19H,3-4,7,10H2,1-2H3. The van der Waals surface area contributed by atoms with Crippen molar-refractivity contribution in [3.63, 3.8) is 0 Å². The molecule has 4 heteroatoms. The van der Waals surface area contributed by atoms with Crippen molar-refractivity contribution < 1.29 is 9.21 Å². The molecular weight excluding hydrogens is 286 g/mol. The summed E-state index contributed by atoms with van der Waals surface area (Å²) in [5, 5.41) is 4.91. The molecule has 1 saturated heterocycles. The van der Waals surface area contributed by atoms with Gasteiger partial charge in [0, 0.05) is 15.8 Å². The number of hydrogen-bond donors (Lipinski definition) is 1. The lowest BCUT2D eigenvalue weighted by atomic mass is 9.71. The molecule has 0 bridgehead atoms. The summed E-state index contributed by atoms with van der Waals surface area (Å²) < 4.78 is 5.73. The van der Waals surface area contributed by atoms with E-state index in [9.17, 15) is 4.79 Å². The van der Waals surface area contributed by atoms with Gasteiger partial charge in [0.2, 0.25) is 5.78 Å². The van der Waals surface area contributed by atoms with Gasteiger partial charge in [0.25, 0.3) is 0 Å². The highest BCUT2D eigenvalue weighted by molar-refractivity contribution is 6.31. The predicted molar refractivity (Wildman–Crippen MR) is 84.9 cm³/mol. The molecule has 1 aromatic carbocycles. The van der Waals surface area contributed by atoms with Gasteiger partial charge >= 0.3 is 0 Å². The Morgan fingerprint density at radius 2 is 2.19 bits per heavy atom. The molecule has 1 N–H and O–H groups in total. The fourth-order valence-electron chi connectivity index (χ4n) is 3.10. The Kier molecular flexibility index (Phi) is 3.80. The minimum Gasteiger partial charge on any atom is -0.453 e. The first kappa shape index (κ1) is 14.6. The summed E-state index contributed by atoms with van der Waals surface area (Å²) in [6.45, 7) is 5.98. The normalized spacial score (nSPS) is 19.9. The third-order valence-corrected chi connectivity index (χ3v) is 4.84. The molecule has 1 atom stereocenters. The molecular formula is C17H20ClNO2. The minimum atomic E-state index is -0.426. The number of rotatable bonds is 3. The maximum atomic E-state index is 12.9. The molecule has 0 saturated carbocycles. The van der Waals surface area contributed by atoms with Gasteiger partial charge < -0.3 is 9.73 Å². The van der Waals surface area contributed by atoms with Crippen LogP contribution in [0.2, 0.25) is 5.02 Å². The second-order valence-electron chi connectivity index (χ2n) is 6.39. The van der Waals surface area contributed by atoms with Crippen molar-refractivity contribution in [1.82, 2.24) is 5.32 Å². The van der Waals surface area contributed by atoms with E-state index in [4.69, 9.17) is 16.0 Å². The summed E-state index contributed by atoms with van der Waals surface area (Å²) in [6.07, 6.45) is 2.20. The smallest absolute Gasteiger partial charge is 0.203 e. The van der Waals surface area contributed by atoms with E-state index in [2.05, 4.69) is 5.32 Å². The maximum absolute atomic E-state index is 12.9. The molecule has 112 valence electrons. The number of ketones is 1. The number of fused-ring (bicyclic) bond motifs is 1. The van der Waals surface area contributed by atoms with Crippen LogP contribution in [0.4, 0.5) is 0 Å². The summed E-state index contributed by atoms with van der Waals surface area (Å²) >= 11 is 5.98. The number of halogens is 1. The topological polar surface area (TPSA) is 42.2 Å². The van der Waals surface area contributed by atoms with Crippen LogP contribution in [-0.4, -0.2) is 18.9 Å². The molecule has 1 fully saturated rings. The number of furan rings is 1. The summed E-state index contributed by atoms with van der Waals surface area (Å²) in [5.74, 6) is 0.849. The number of carbonyl (C=O) groups excluding carboxylic acids is 1. The van der Waals surface area contributed by atoms with Gasteiger partial charge in [-0.3, -0.25) is 4.79 Å². The van der Waals surface area contributed by atoms with E-state index in [0.717, 1.165) is 31.3 Å². The molecule has 2 aromatic rings. The van der Waals surface area contributed by atoms with Gasteiger partial charge in [0.05, 0.1) is 0 Å². The summed E-state index contributed by atoms with van der Waals surface area (Å²) in [6, 6.07) is 7.22. The van der Waals surface area contributed by atoms with Crippen molar-refractivity contribution in [3.8, 4) is 0 Å². The molecule has 1 aromatic heterocycles. The van der Waals surface area contributed by atoms with Crippen LogP contribution < -0.4 is 5.32 Å². The first-order chi connectivity index (χ1) is 9.98. The van der Waals surface area contributed by atoms with Gasteiger partial charge in [-0.05, 0) is 56.1 Å². The average Bonchev–Trinajstić information content (AvgIpc) is 2.90. The lowest BCUT2D eigenvalue weighted by Crippen LogP contribution is -2.42. The van der Waals surface area contributed by atoms with Crippen LogP contribution in [0.25, 0.3) is 11.0 Å². The van der Waals surface area contributed by atoms with Gasteiger partial charge in [0.15, 0.2) is 5.76 Å². The fourth-order valence-corrected chi connectivity index (χ4v) is 3.28. The average molecular weight is 306 g/mol. The second-order valence-corrected chi connectivity index (χ2v) is 6.82. The first-order valence-electron chi connectivity index (χ1n) is 7.43. The Balaban J connectivity index is 1.91. The van der Waals surface area contributed by atoms with Gasteiger partial charge in [0.1, 0.15) is 5.58 Å². The number of nitrogens with one attached hydrogen (secondary N) is 1. The third-order valence-electron chi connectivity index (χ3n) is 4.60. The van der Waals surface area contributed by atoms with Crippen molar-refractivity contribution in [2.24, 2.45) is 11.3 Å². The molecule has 1 aliphatic rings. The molecule has 0 radical (unpaired) electrons. The van der Waals surface area contributed by atoms with Crippen LogP contribution in [0.3, 0.4) is 0 Å². The van der Waals surface area contributed by atoms with Gasteiger partial charge in [-0.15, -0.1) is 0 Å².